The van der Waals surface area contributed by atoms with E-state index in [2.05, 4.69) is 72.2 Å². The minimum absolute atomic E-state index is 0.0901. The van der Waals surface area contributed by atoms with Crippen LogP contribution in [0.3, 0.4) is 0 Å². The molecule has 8 nitrogen and oxygen atoms in total. The van der Waals surface area contributed by atoms with Crippen molar-refractivity contribution < 1.29 is 27.9 Å². The zero-order valence-electron chi connectivity index (χ0n) is 35.4. The first kappa shape index (κ1) is 40.7. The van der Waals surface area contributed by atoms with E-state index >= 15 is 0 Å². The van der Waals surface area contributed by atoms with Gasteiger partial charge in [0, 0.05) is 36.6 Å². The van der Waals surface area contributed by atoms with Crippen LogP contribution in [0.25, 0.3) is 0 Å². The molecule has 0 aromatic rings. The number of ether oxygens (including phenoxy) is 1. The summed E-state index contributed by atoms with van der Waals surface area (Å²) in [5.41, 5.74) is 1.27. The molecule has 0 aromatic carbocycles. The summed E-state index contributed by atoms with van der Waals surface area (Å²) in [4.78, 5) is 27.8. The summed E-state index contributed by atoms with van der Waals surface area (Å²) >= 11 is 0. The van der Waals surface area contributed by atoms with Crippen molar-refractivity contribution in [3.05, 3.63) is 12.2 Å². The lowest BCUT2D eigenvalue weighted by molar-refractivity contribution is -0.246. The standard InChI is InChI=1S/C45H74N2O6S/c1-27(2)29-14-19-45(46-26-31(28(3)4)47-22-24-54(51,52)25-23-47)21-20-43(10)30(35(29)45)12-13-33-42(9)17-16-34(40(5,6)32(42)15-18-44(33,43)11)53-39(50)37-36(38(48)49)41(37,7)8/h28-37,46H,1,12-26H2,2-11H3,(H,48,49)/t29-,30+,31?,32-,33+,34-,35+,36-,37+,42-,43+,44+,45-/m0/s1. The van der Waals surface area contributed by atoms with Crippen molar-refractivity contribution in [3.8, 4) is 0 Å². The number of hydrogen-bond donors (Lipinski definition) is 2. The lowest BCUT2D eigenvalue weighted by Gasteiger charge is -2.73. The average molecular weight is 771 g/mol. The van der Waals surface area contributed by atoms with Gasteiger partial charge in [-0.2, -0.15) is 0 Å². The van der Waals surface area contributed by atoms with Crippen LogP contribution in [0.4, 0.5) is 0 Å². The van der Waals surface area contributed by atoms with E-state index < -0.39 is 33.1 Å². The largest absolute Gasteiger partial charge is 0.481 e. The smallest absolute Gasteiger partial charge is 0.310 e. The van der Waals surface area contributed by atoms with E-state index in [4.69, 9.17) is 4.74 Å². The number of carboxylic acids is 1. The Kier molecular flexibility index (Phi) is 10.0. The summed E-state index contributed by atoms with van der Waals surface area (Å²) in [7, 11) is -2.92. The molecule has 9 heteroatoms. The summed E-state index contributed by atoms with van der Waals surface area (Å²) in [6.45, 7) is 30.1. The molecule has 7 rings (SSSR count). The van der Waals surface area contributed by atoms with Gasteiger partial charge < -0.3 is 15.2 Å². The number of allylic oxidation sites excluding steroid dienone is 1. The number of carbonyl (C=O) groups is 2. The van der Waals surface area contributed by atoms with Gasteiger partial charge in [0.25, 0.3) is 0 Å². The number of nitrogens with one attached hydrogen (secondary N) is 1. The monoisotopic (exact) mass is 771 g/mol. The van der Waals surface area contributed by atoms with Crippen LogP contribution in [0.1, 0.15) is 133 Å². The number of nitrogens with zero attached hydrogens (tertiary/aromatic N) is 1. The molecular weight excluding hydrogens is 697 g/mol. The van der Waals surface area contributed by atoms with Crippen molar-refractivity contribution in [1.29, 1.82) is 0 Å². The van der Waals surface area contributed by atoms with Gasteiger partial charge in [0.2, 0.25) is 0 Å². The topological polar surface area (TPSA) is 113 Å². The molecule has 6 aliphatic carbocycles. The van der Waals surface area contributed by atoms with Gasteiger partial charge in [0.05, 0.1) is 23.3 Å². The number of hydrogen-bond acceptors (Lipinski definition) is 7. The summed E-state index contributed by atoms with van der Waals surface area (Å²) in [5, 5.41) is 14.1. The second-order valence-corrected chi connectivity index (χ2v) is 24.4. The van der Waals surface area contributed by atoms with Crippen LogP contribution < -0.4 is 5.32 Å². The number of rotatable bonds is 9. The van der Waals surface area contributed by atoms with Crippen LogP contribution in [-0.4, -0.2) is 79.2 Å². The van der Waals surface area contributed by atoms with E-state index in [1.807, 2.05) is 13.8 Å². The number of sulfone groups is 1. The highest BCUT2D eigenvalue weighted by Crippen LogP contribution is 2.76. The molecule has 54 heavy (non-hydrogen) atoms. The Labute approximate surface area is 327 Å². The third-order valence-corrected chi connectivity index (χ3v) is 20.5. The second-order valence-electron chi connectivity index (χ2n) is 22.1. The molecule has 1 saturated heterocycles. The first-order chi connectivity index (χ1) is 25.0. The molecule has 0 radical (unpaired) electrons. The number of fused-ring (bicyclic) bond motifs is 7. The second kappa shape index (κ2) is 13.3. The van der Waals surface area contributed by atoms with Gasteiger partial charge in [0.1, 0.15) is 6.10 Å². The first-order valence-corrected chi connectivity index (χ1v) is 23.6. The minimum atomic E-state index is -2.92. The van der Waals surface area contributed by atoms with E-state index in [1.54, 1.807) is 0 Å². The first-order valence-electron chi connectivity index (χ1n) is 21.7. The molecular formula is C45H74N2O6S. The Morgan fingerprint density at radius 1 is 0.833 bits per heavy atom. The van der Waals surface area contributed by atoms with E-state index in [0.29, 0.717) is 54.6 Å². The summed E-state index contributed by atoms with van der Waals surface area (Å²) in [6.07, 6.45) is 11.4. The maximum absolute atomic E-state index is 13.5. The molecule has 0 amide bonds. The van der Waals surface area contributed by atoms with Gasteiger partial charge in [-0.15, -0.1) is 0 Å². The van der Waals surface area contributed by atoms with Gasteiger partial charge in [-0.05, 0) is 128 Å². The third-order valence-electron chi connectivity index (χ3n) is 18.9. The van der Waals surface area contributed by atoms with Crippen molar-refractivity contribution >= 4 is 21.8 Å². The molecule has 1 unspecified atom stereocenters. The highest BCUT2D eigenvalue weighted by molar-refractivity contribution is 7.91. The van der Waals surface area contributed by atoms with Crippen molar-refractivity contribution in [1.82, 2.24) is 10.2 Å². The Hall–Kier alpha value is -1.45. The molecule has 306 valence electrons. The van der Waals surface area contributed by atoms with E-state index in [1.165, 1.54) is 50.5 Å². The normalized spacial score (nSPS) is 46.6. The van der Waals surface area contributed by atoms with Crippen molar-refractivity contribution in [2.75, 3.05) is 31.1 Å². The fourth-order valence-corrected chi connectivity index (χ4v) is 16.8. The van der Waals surface area contributed by atoms with Crippen LogP contribution in [0, 0.1) is 74.4 Å². The van der Waals surface area contributed by atoms with Crippen LogP contribution in [0.5, 0.6) is 0 Å². The summed E-state index contributed by atoms with van der Waals surface area (Å²) < 4.78 is 31.0. The SMILES string of the molecule is C=C(C)[C@@H]1CC[C@]2(NCC(C(C)C)N3CCS(=O)(=O)CC3)CC[C@]3(C)[C@H](CC[C@@H]4[C@@]5(C)CC[C@H](OC(=O)[C@H]6[C@@H](C(=O)O)C6(C)C)C(C)(C)[C@@H]5CC[C@]43C)[C@@H]12. The predicted molar refractivity (Wildman–Crippen MR) is 214 cm³/mol. The zero-order chi connectivity index (χ0) is 39.6. The third kappa shape index (κ3) is 6.02. The zero-order valence-corrected chi connectivity index (χ0v) is 36.2. The van der Waals surface area contributed by atoms with Gasteiger partial charge in [-0.25, -0.2) is 8.42 Å². The number of aliphatic carboxylic acids is 1. The molecule has 1 aliphatic heterocycles. The fraction of sp³-hybridized carbons (Fsp3) is 0.911. The van der Waals surface area contributed by atoms with Gasteiger partial charge >= 0.3 is 11.9 Å². The number of carboxylic acid groups (broad SMARTS) is 1. The molecule has 13 atom stereocenters. The molecule has 7 fully saturated rings. The molecule has 6 saturated carbocycles. The Balaban J connectivity index is 1.11. The number of esters is 1. The minimum Gasteiger partial charge on any atom is -0.481 e. The van der Waals surface area contributed by atoms with E-state index in [-0.39, 0.29) is 50.8 Å². The van der Waals surface area contributed by atoms with E-state index in [0.717, 1.165) is 25.8 Å². The van der Waals surface area contributed by atoms with Crippen molar-refractivity contribution in [2.24, 2.45) is 74.4 Å². The molecule has 0 bridgehead atoms. The van der Waals surface area contributed by atoms with Crippen molar-refractivity contribution in [3.63, 3.8) is 0 Å². The summed E-state index contributed by atoms with van der Waals surface area (Å²) in [5.74, 6) is 1.30. The maximum atomic E-state index is 13.5. The quantitative estimate of drug-likeness (QED) is 0.179. The molecule has 7 aliphatic rings. The fourth-order valence-electron chi connectivity index (χ4n) is 15.5. The Morgan fingerprint density at radius 2 is 1.50 bits per heavy atom. The molecule has 0 aromatic heterocycles. The Bertz CT molecular complexity index is 1630. The molecule has 1 heterocycles. The molecule has 2 N–H and O–H groups in total. The average Bonchev–Trinajstić information content (AvgIpc) is 3.45. The maximum Gasteiger partial charge on any atom is 0.310 e. The van der Waals surface area contributed by atoms with E-state index in [9.17, 15) is 23.1 Å². The Morgan fingerprint density at radius 3 is 2.09 bits per heavy atom. The highest BCUT2D eigenvalue weighted by Gasteiger charge is 2.72. The predicted octanol–water partition coefficient (Wildman–Crippen LogP) is 8.01. The molecule has 0 spiro atoms. The highest BCUT2D eigenvalue weighted by atomic mass is 32.2. The van der Waals surface area contributed by atoms with Gasteiger partial charge in [-0.1, -0.05) is 74.5 Å². The van der Waals surface area contributed by atoms with Crippen molar-refractivity contribution in [2.45, 2.75) is 151 Å². The number of carbonyl (C=O) groups excluding carboxylic acids is 1. The van der Waals surface area contributed by atoms with Crippen LogP contribution >= 0.6 is 0 Å². The van der Waals surface area contributed by atoms with Gasteiger partial charge in [-0.3, -0.25) is 14.5 Å². The lowest BCUT2D eigenvalue weighted by Crippen LogP contribution is -2.69. The summed E-state index contributed by atoms with van der Waals surface area (Å²) in [6, 6.07) is 0.323. The van der Waals surface area contributed by atoms with Gasteiger partial charge in [0.15, 0.2) is 9.84 Å². The van der Waals surface area contributed by atoms with Crippen LogP contribution in [0.15, 0.2) is 12.2 Å². The lowest BCUT2D eigenvalue weighted by atomic mass is 9.32. The van der Waals surface area contributed by atoms with Crippen LogP contribution in [0.2, 0.25) is 0 Å². The van der Waals surface area contributed by atoms with Crippen LogP contribution in [-0.2, 0) is 24.2 Å².